The molecule has 1 radical (unpaired) electrons. The molecule has 0 aliphatic heterocycles. The van der Waals surface area contributed by atoms with Gasteiger partial charge in [-0.2, -0.15) is 0 Å². The van der Waals surface area contributed by atoms with Crippen molar-refractivity contribution in [2.45, 2.75) is 77.8 Å². The maximum absolute atomic E-state index is 6.63. The van der Waals surface area contributed by atoms with Crippen LogP contribution in [-0.4, -0.2) is 46.2 Å². The van der Waals surface area contributed by atoms with Crippen molar-refractivity contribution >= 4 is 46.2 Å². The van der Waals surface area contributed by atoms with Gasteiger partial charge in [-0.3, -0.25) is 0 Å². The first kappa shape index (κ1) is 19.7. The Bertz CT molecular complexity index is 200. The molecule has 0 aliphatic carbocycles. The van der Waals surface area contributed by atoms with Gasteiger partial charge >= 0.3 is 0 Å². The molecule has 1 nitrogen and oxygen atoms in total. The monoisotopic (exact) mass is 269 g/mol. The second kappa shape index (κ2) is 5.58. The van der Waals surface area contributed by atoms with Crippen LogP contribution >= 0.6 is 0 Å². The van der Waals surface area contributed by atoms with E-state index in [1.54, 1.807) is 0 Å². The fourth-order valence-corrected chi connectivity index (χ4v) is 8.50. The van der Waals surface area contributed by atoms with Crippen LogP contribution in [0.5, 0.6) is 0 Å². The zero-order valence-electron chi connectivity index (χ0n) is 13.4. The summed E-state index contributed by atoms with van der Waals surface area (Å²) in [5.41, 5.74) is 0. The fourth-order valence-electron chi connectivity index (χ4n) is 0.944. The van der Waals surface area contributed by atoms with Crippen LogP contribution in [0.4, 0.5) is 0 Å². The van der Waals surface area contributed by atoms with Crippen molar-refractivity contribution in [2.24, 2.45) is 0 Å². The van der Waals surface area contributed by atoms with Crippen LogP contribution in [0.2, 0.25) is 36.3 Å². The smallest absolute Gasteiger partial charge is 0.178 e. The molecule has 16 heavy (non-hydrogen) atoms. The van der Waals surface area contributed by atoms with Crippen molar-refractivity contribution in [3.8, 4) is 0 Å². The maximum atomic E-state index is 6.63. The van der Waals surface area contributed by atoms with Crippen LogP contribution in [0.25, 0.3) is 0 Å². The normalized spacial score (nSPS) is 14.6. The van der Waals surface area contributed by atoms with Crippen molar-refractivity contribution in [3.05, 3.63) is 0 Å². The minimum Gasteiger partial charge on any atom is -0.455 e. The summed E-state index contributed by atoms with van der Waals surface area (Å²) < 4.78 is 6.63. The Kier molecular flexibility index (Phi) is 6.88. The summed E-state index contributed by atoms with van der Waals surface area (Å²) >= 11 is 0. The maximum Gasteiger partial charge on any atom is 0.178 e. The molecule has 93 valence electrons. The third kappa shape index (κ3) is 4.95. The summed E-state index contributed by atoms with van der Waals surface area (Å²) in [7, 11) is -3.18. The van der Waals surface area contributed by atoms with Crippen LogP contribution in [0.3, 0.4) is 0 Å². The number of rotatable bonds is 2. The molecule has 0 fully saturated rings. The molecule has 0 spiro atoms. The molecule has 0 atom stereocenters. The summed E-state index contributed by atoms with van der Waals surface area (Å²) in [5.74, 6) is 0. The van der Waals surface area contributed by atoms with E-state index in [-0.39, 0.29) is 29.6 Å². The van der Waals surface area contributed by atoms with Gasteiger partial charge < -0.3 is 4.12 Å². The molecule has 0 aromatic heterocycles. The average Bonchev–Trinajstić information content (AvgIpc) is 1.77. The second-order valence-electron chi connectivity index (χ2n) is 7.62. The molecule has 0 amide bonds. The Hall–Kier alpha value is 1.39. The van der Waals surface area contributed by atoms with Crippen LogP contribution in [0, 0.1) is 0 Å². The molecule has 0 aromatic rings. The molecule has 0 heterocycles. The van der Waals surface area contributed by atoms with Crippen molar-refractivity contribution in [2.75, 3.05) is 0 Å². The first-order valence-corrected chi connectivity index (χ1v) is 11.7. The van der Waals surface area contributed by atoms with Crippen molar-refractivity contribution in [1.29, 1.82) is 0 Å². The summed E-state index contributed by atoms with van der Waals surface area (Å²) in [4.78, 5) is 0. The van der Waals surface area contributed by atoms with Gasteiger partial charge in [-0.1, -0.05) is 41.5 Å². The van der Waals surface area contributed by atoms with Gasteiger partial charge in [0.2, 0.25) is 0 Å². The Labute approximate surface area is 127 Å². The van der Waals surface area contributed by atoms with E-state index in [0.717, 1.165) is 0 Å². The van der Waals surface area contributed by atoms with Gasteiger partial charge in [0.05, 0.1) is 0 Å². The van der Waals surface area contributed by atoms with E-state index in [0.29, 0.717) is 10.1 Å². The fraction of sp³-hybridized carbons (Fsp3) is 1.00. The van der Waals surface area contributed by atoms with Gasteiger partial charge in [0.1, 0.15) is 0 Å². The summed E-state index contributed by atoms with van der Waals surface area (Å²) in [6, 6.07) is 0. The van der Waals surface area contributed by atoms with Crippen molar-refractivity contribution < 1.29 is 4.12 Å². The van der Waals surface area contributed by atoms with Gasteiger partial charge in [0.15, 0.2) is 16.6 Å². The van der Waals surface area contributed by atoms with Crippen LogP contribution < -0.4 is 0 Å². The molecule has 0 bridgehead atoms. The van der Waals surface area contributed by atoms with Gasteiger partial charge in [0, 0.05) is 29.6 Å². The number of hydrogen-bond acceptors (Lipinski definition) is 1. The topological polar surface area (TPSA) is 9.23 Å². The first-order chi connectivity index (χ1) is 6.21. The molecule has 0 aromatic carbocycles. The molecule has 0 N–H and O–H groups in total. The molecule has 4 heteroatoms. The van der Waals surface area contributed by atoms with E-state index in [1.165, 1.54) is 0 Å². The molecule has 0 rings (SSSR count). The number of hydrogen-bond donors (Lipinski definition) is 0. The largest absolute Gasteiger partial charge is 0.455 e. The van der Waals surface area contributed by atoms with E-state index in [2.05, 4.69) is 67.7 Å². The predicted molar refractivity (Wildman–Crippen MR) is 81.2 cm³/mol. The second-order valence-corrected chi connectivity index (χ2v) is 17.5. The first-order valence-electron chi connectivity index (χ1n) is 5.91. The Morgan fingerprint density at radius 1 is 0.625 bits per heavy atom. The van der Waals surface area contributed by atoms with Crippen LogP contribution in [0.15, 0.2) is 0 Å². The molecule has 0 aliphatic rings. The van der Waals surface area contributed by atoms with Crippen molar-refractivity contribution in [1.82, 2.24) is 0 Å². The quantitative estimate of drug-likeness (QED) is 0.664. The zero-order chi connectivity index (χ0) is 12.7. The zero-order valence-corrected chi connectivity index (χ0v) is 17.4. The third-order valence-electron chi connectivity index (χ3n) is 4.12. The average molecular weight is 270 g/mol. The van der Waals surface area contributed by atoms with Crippen molar-refractivity contribution in [3.63, 3.8) is 0 Å². The standard InChI is InChI=1S/C12H30OSi2.Na/c1-11(2,3)14(7,8)13-15(9,10)12(4,5)6;/h1-10H3;. The molecule has 0 saturated heterocycles. The van der Waals surface area contributed by atoms with Gasteiger partial charge in [-0.15, -0.1) is 0 Å². The van der Waals surface area contributed by atoms with E-state index >= 15 is 0 Å². The summed E-state index contributed by atoms with van der Waals surface area (Å²) in [6.07, 6.45) is 0. The van der Waals surface area contributed by atoms with Gasteiger partial charge in [0.25, 0.3) is 0 Å². The molecular formula is C12H30NaOSi2. The third-order valence-corrected chi connectivity index (χ3v) is 15.4. The van der Waals surface area contributed by atoms with E-state index in [9.17, 15) is 0 Å². The van der Waals surface area contributed by atoms with Crippen LogP contribution in [-0.2, 0) is 4.12 Å². The summed E-state index contributed by atoms with van der Waals surface area (Å²) in [5, 5.41) is 0.644. The molecule has 0 unspecified atom stereocenters. The summed E-state index contributed by atoms with van der Waals surface area (Å²) in [6.45, 7) is 23.3. The van der Waals surface area contributed by atoms with Crippen LogP contribution in [0.1, 0.15) is 41.5 Å². The minimum absolute atomic E-state index is 0. The SMILES string of the molecule is CC(C)(C)[Si](C)(C)O[Si](C)(C)C(C)(C)C.[Na]. The molecule has 0 saturated carbocycles. The van der Waals surface area contributed by atoms with Gasteiger partial charge in [-0.05, 0) is 36.3 Å². The molecular weight excluding hydrogens is 239 g/mol. The van der Waals surface area contributed by atoms with E-state index in [1.807, 2.05) is 0 Å². The predicted octanol–water partition coefficient (Wildman–Crippen LogP) is 4.63. The Morgan fingerprint density at radius 3 is 0.938 bits per heavy atom. The van der Waals surface area contributed by atoms with Gasteiger partial charge in [-0.25, -0.2) is 0 Å². The Balaban J connectivity index is 0. The van der Waals surface area contributed by atoms with E-state index < -0.39 is 16.6 Å². The van der Waals surface area contributed by atoms with E-state index in [4.69, 9.17) is 4.12 Å². The minimum atomic E-state index is -1.59. The Morgan fingerprint density at radius 2 is 0.812 bits per heavy atom.